The van der Waals surface area contributed by atoms with Crippen LogP contribution >= 0.6 is 0 Å². The molecule has 2 heterocycles. The van der Waals surface area contributed by atoms with E-state index >= 15 is 0 Å². The van der Waals surface area contributed by atoms with Crippen molar-refractivity contribution in [2.24, 2.45) is 0 Å². The molecule has 0 saturated carbocycles. The average molecular weight is 543 g/mol. The standard InChI is InChI=1S/C30H30N4O4S/c1-21-22(2)32-38-29(21)33-39(35,36)28-12-8-7-11-27(28)26-14-13-24(30-31-16-18-37-30)19-25(26)20-34(3)17-15-23-9-5-4-6-10-23/h4-14,16,18-19,33H,15,17,20H2,1-3H3. The molecule has 2 aromatic heterocycles. The molecule has 0 atom stereocenters. The molecule has 0 amide bonds. The largest absolute Gasteiger partial charge is 0.445 e. The summed E-state index contributed by atoms with van der Waals surface area (Å²) in [4.78, 5) is 6.67. The zero-order valence-electron chi connectivity index (χ0n) is 22.1. The van der Waals surface area contributed by atoms with Crippen molar-refractivity contribution in [2.45, 2.75) is 31.7 Å². The van der Waals surface area contributed by atoms with Crippen LogP contribution in [-0.2, 0) is 23.0 Å². The van der Waals surface area contributed by atoms with Gasteiger partial charge in [0.05, 0.1) is 16.8 Å². The van der Waals surface area contributed by atoms with Gasteiger partial charge < -0.3 is 13.8 Å². The molecule has 3 aromatic carbocycles. The maximum atomic E-state index is 13.6. The first-order valence-corrected chi connectivity index (χ1v) is 14.1. The van der Waals surface area contributed by atoms with Crippen LogP contribution in [0.1, 0.15) is 22.4 Å². The number of aromatic nitrogens is 2. The number of hydrogen-bond acceptors (Lipinski definition) is 7. The molecule has 5 aromatic rings. The third kappa shape index (κ3) is 5.94. The average Bonchev–Trinajstić information content (AvgIpc) is 3.59. The minimum atomic E-state index is -3.97. The predicted molar refractivity (Wildman–Crippen MR) is 151 cm³/mol. The highest BCUT2D eigenvalue weighted by atomic mass is 32.2. The minimum absolute atomic E-state index is 0.113. The molecule has 1 N–H and O–H groups in total. The van der Waals surface area contributed by atoms with E-state index in [1.54, 1.807) is 32.2 Å². The Hall–Kier alpha value is -4.21. The molecule has 5 rings (SSSR count). The maximum absolute atomic E-state index is 13.6. The second kappa shape index (κ2) is 11.3. The quantitative estimate of drug-likeness (QED) is 0.228. The summed E-state index contributed by atoms with van der Waals surface area (Å²) in [5.74, 6) is 0.621. The lowest BCUT2D eigenvalue weighted by Gasteiger charge is -2.21. The van der Waals surface area contributed by atoms with Crippen molar-refractivity contribution >= 4 is 15.9 Å². The van der Waals surface area contributed by atoms with Gasteiger partial charge in [-0.15, -0.1) is 0 Å². The third-order valence-corrected chi connectivity index (χ3v) is 8.09. The summed E-state index contributed by atoms with van der Waals surface area (Å²) in [5.41, 5.74) is 5.71. The molecule has 0 aliphatic rings. The van der Waals surface area contributed by atoms with E-state index < -0.39 is 10.0 Å². The Labute approximate surface area is 228 Å². The molecule has 200 valence electrons. The van der Waals surface area contributed by atoms with E-state index in [9.17, 15) is 8.42 Å². The number of likely N-dealkylation sites (N-methyl/N-ethyl adjacent to an activating group) is 1. The highest BCUT2D eigenvalue weighted by Gasteiger charge is 2.24. The number of hydrogen-bond donors (Lipinski definition) is 1. The summed E-state index contributed by atoms with van der Waals surface area (Å²) in [5, 5.41) is 3.87. The molecule has 0 saturated heterocycles. The van der Waals surface area contributed by atoms with Gasteiger partial charge in [-0.1, -0.05) is 59.8 Å². The van der Waals surface area contributed by atoms with Crippen molar-refractivity contribution in [2.75, 3.05) is 18.3 Å². The zero-order chi connectivity index (χ0) is 27.4. The molecule has 39 heavy (non-hydrogen) atoms. The first kappa shape index (κ1) is 26.4. The van der Waals surface area contributed by atoms with Crippen LogP contribution in [0.4, 0.5) is 5.88 Å². The van der Waals surface area contributed by atoms with Gasteiger partial charge in [-0.25, -0.2) is 18.1 Å². The fourth-order valence-electron chi connectivity index (χ4n) is 4.43. The number of aryl methyl sites for hydroxylation is 1. The molecule has 0 aliphatic heterocycles. The third-order valence-electron chi connectivity index (χ3n) is 6.70. The molecular weight excluding hydrogens is 512 g/mol. The maximum Gasteiger partial charge on any atom is 0.264 e. The van der Waals surface area contributed by atoms with Gasteiger partial charge in [0.15, 0.2) is 0 Å². The SMILES string of the molecule is Cc1noc(NS(=O)(=O)c2ccccc2-c2ccc(-c3ncco3)cc2CN(C)CCc2ccccc2)c1C. The van der Waals surface area contributed by atoms with E-state index in [2.05, 4.69) is 38.9 Å². The van der Waals surface area contributed by atoms with E-state index in [0.717, 1.165) is 29.7 Å². The highest BCUT2D eigenvalue weighted by molar-refractivity contribution is 7.92. The van der Waals surface area contributed by atoms with Gasteiger partial charge in [0, 0.05) is 29.8 Å². The Morgan fingerprint density at radius 3 is 2.44 bits per heavy atom. The van der Waals surface area contributed by atoms with Crippen molar-refractivity contribution in [1.82, 2.24) is 15.0 Å². The normalized spacial score (nSPS) is 11.7. The van der Waals surface area contributed by atoms with E-state index in [-0.39, 0.29) is 10.8 Å². The van der Waals surface area contributed by atoms with Crippen molar-refractivity contribution in [3.05, 3.63) is 108 Å². The summed E-state index contributed by atoms with van der Waals surface area (Å²) in [6, 6.07) is 23.1. The second-order valence-electron chi connectivity index (χ2n) is 9.51. The molecule has 8 nitrogen and oxygen atoms in total. The van der Waals surface area contributed by atoms with Crippen molar-refractivity contribution in [3.8, 4) is 22.6 Å². The van der Waals surface area contributed by atoms with E-state index in [4.69, 9.17) is 8.94 Å². The van der Waals surface area contributed by atoms with E-state index in [0.29, 0.717) is 29.3 Å². The van der Waals surface area contributed by atoms with Gasteiger partial charge in [-0.3, -0.25) is 0 Å². The Balaban J connectivity index is 1.51. The number of nitrogens with zero attached hydrogens (tertiary/aromatic N) is 3. The smallest absolute Gasteiger partial charge is 0.264 e. The van der Waals surface area contributed by atoms with Gasteiger partial charge in [0.25, 0.3) is 10.0 Å². The number of rotatable bonds is 10. The van der Waals surface area contributed by atoms with Crippen molar-refractivity contribution < 1.29 is 17.4 Å². The Morgan fingerprint density at radius 1 is 0.949 bits per heavy atom. The second-order valence-corrected chi connectivity index (χ2v) is 11.2. The molecule has 0 spiro atoms. The van der Waals surface area contributed by atoms with Gasteiger partial charge in [-0.05, 0) is 62.2 Å². The number of benzene rings is 3. The Bertz CT molecular complexity index is 1660. The molecule has 0 radical (unpaired) electrons. The first-order valence-electron chi connectivity index (χ1n) is 12.6. The van der Waals surface area contributed by atoms with Gasteiger partial charge in [0.2, 0.25) is 11.8 Å². The Kier molecular flexibility index (Phi) is 7.63. The minimum Gasteiger partial charge on any atom is -0.445 e. The molecule has 0 fully saturated rings. The first-order chi connectivity index (χ1) is 18.8. The molecule has 0 aliphatic carbocycles. The van der Waals surface area contributed by atoms with Crippen molar-refractivity contribution in [3.63, 3.8) is 0 Å². The molecular formula is C30H30N4O4S. The lowest BCUT2D eigenvalue weighted by Crippen LogP contribution is -2.21. The van der Waals surface area contributed by atoms with Crippen LogP contribution in [0, 0.1) is 13.8 Å². The van der Waals surface area contributed by atoms with Crippen LogP contribution in [0.25, 0.3) is 22.6 Å². The highest BCUT2D eigenvalue weighted by Crippen LogP contribution is 2.34. The van der Waals surface area contributed by atoms with Crippen LogP contribution in [0.3, 0.4) is 0 Å². The fourth-order valence-corrected chi connectivity index (χ4v) is 5.70. The van der Waals surface area contributed by atoms with Gasteiger partial charge in [0.1, 0.15) is 6.26 Å². The summed E-state index contributed by atoms with van der Waals surface area (Å²) in [6.07, 6.45) is 4.04. The topological polar surface area (TPSA) is 101 Å². The number of nitrogens with one attached hydrogen (secondary N) is 1. The van der Waals surface area contributed by atoms with Gasteiger partial charge in [-0.2, -0.15) is 0 Å². The number of anilines is 1. The van der Waals surface area contributed by atoms with Crippen LogP contribution in [-0.4, -0.2) is 37.1 Å². The lowest BCUT2D eigenvalue weighted by molar-refractivity contribution is 0.331. The molecule has 0 bridgehead atoms. The zero-order valence-corrected chi connectivity index (χ0v) is 22.9. The summed E-state index contributed by atoms with van der Waals surface area (Å²) < 4.78 is 40.5. The fraction of sp³-hybridized carbons (Fsp3) is 0.200. The van der Waals surface area contributed by atoms with Crippen molar-refractivity contribution in [1.29, 1.82) is 0 Å². The van der Waals surface area contributed by atoms with Crippen LogP contribution in [0.2, 0.25) is 0 Å². The summed E-state index contributed by atoms with van der Waals surface area (Å²) >= 11 is 0. The van der Waals surface area contributed by atoms with Crippen LogP contribution in [0.15, 0.2) is 99.1 Å². The summed E-state index contributed by atoms with van der Waals surface area (Å²) in [7, 11) is -1.92. The Morgan fingerprint density at radius 2 is 1.72 bits per heavy atom. The predicted octanol–water partition coefficient (Wildman–Crippen LogP) is 6.09. The molecule has 9 heteroatoms. The van der Waals surface area contributed by atoms with E-state index in [1.165, 1.54) is 11.8 Å². The summed E-state index contributed by atoms with van der Waals surface area (Å²) in [6.45, 7) is 4.96. The molecule has 0 unspecified atom stereocenters. The lowest BCUT2D eigenvalue weighted by atomic mass is 9.96. The monoisotopic (exact) mass is 542 g/mol. The van der Waals surface area contributed by atoms with Gasteiger partial charge >= 0.3 is 0 Å². The van der Waals surface area contributed by atoms with E-state index in [1.807, 2.05) is 48.5 Å². The number of sulfonamides is 1. The van der Waals surface area contributed by atoms with Crippen LogP contribution in [0.5, 0.6) is 0 Å². The van der Waals surface area contributed by atoms with Crippen LogP contribution < -0.4 is 4.72 Å². The number of oxazole rings is 1.